The number of carbonyl (C=O) groups excluding carboxylic acids is 1. The highest BCUT2D eigenvalue weighted by Crippen LogP contribution is 2.34. The lowest BCUT2D eigenvalue weighted by atomic mass is 10.1. The number of hydrogen-bond donors (Lipinski definition) is 2. The summed E-state index contributed by atoms with van der Waals surface area (Å²) in [5.74, 6) is 0.849. The average Bonchev–Trinajstić information content (AvgIpc) is 3.32. The van der Waals surface area contributed by atoms with Gasteiger partial charge < -0.3 is 15.5 Å². The molecule has 1 saturated heterocycles. The van der Waals surface area contributed by atoms with Crippen molar-refractivity contribution in [2.45, 2.75) is 19.1 Å². The van der Waals surface area contributed by atoms with Gasteiger partial charge in [0.1, 0.15) is 5.82 Å². The number of alkyl halides is 3. The Morgan fingerprint density at radius 3 is 2.63 bits per heavy atom. The number of carbonyl (C=O) groups is 1. The predicted molar refractivity (Wildman–Crippen MR) is 124 cm³/mol. The Morgan fingerprint density at radius 2 is 1.91 bits per heavy atom. The maximum absolute atomic E-state index is 13.2. The van der Waals surface area contributed by atoms with Gasteiger partial charge in [0.15, 0.2) is 11.5 Å². The molecule has 0 spiro atoms. The number of aryl methyl sites for hydroxylation is 2. The van der Waals surface area contributed by atoms with Crippen LogP contribution in [0.5, 0.6) is 0 Å². The van der Waals surface area contributed by atoms with E-state index in [0.717, 1.165) is 17.5 Å². The topological polar surface area (TPSA) is 123 Å². The third-order valence-corrected chi connectivity index (χ3v) is 6.18. The zero-order valence-electron chi connectivity index (χ0n) is 19.2. The Kier molecular flexibility index (Phi) is 5.18. The number of nitrogens with two attached hydrogens (primary N) is 1. The SMILES string of the molecule is C[C@H]1CN(C(=O)Nc2nn(C)c3ccc(C(F)(F)F)cc23)CCN1c1nc(N)nc2c1cnn2C. The normalized spacial score (nSPS) is 16.9. The van der Waals surface area contributed by atoms with Crippen LogP contribution in [0.15, 0.2) is 24.4 Å². The molecule has 4 heterocycles. The van der Waals surface area contributed by atoms with Crippen LogP contribution in [0.2, 0.25) is 0 Å². The van der Waals surface area contributed by atoms with Crippen LogP contribution in [-0.2, 0) is 20.3 Å². The van der Waals surface area contributed by atoms with Gasteiger partial charge in [-0.15, -0.1) is 0 Å². The molecule has 35 heavy (non-hydrogen) atoms. The fourth-order valence-electron chi connectivity index (χ4n) is 4.41. The van der Waals surface area contributed by atoms with E-state index in [2.05, 4.69) is 25.5 Å². The third kappa shape index (κ3) is 3.94. The van der Waals surface area contributed by atoms with E-state index in [1.807, 2.05) is 11.8 Å². The summed E-state index contributed by atoms with van der Waals surface area (Å²) < 4.78 is 42.7. The van der Waals surface area contributed by atoms with Gasteiger partial charge in [-0.05, 0) is 25.1 Å². The van der Waals surface area contributed by atoms with E-state index in [1.54, 1.807) is 29.9 Å². The number of fused-ring (bicyclic) bond motifs is 2. The standard InChI is InChI=1S/C21H23F3N10O/c1-11-10-33(6-7-34(11)18-14-9-26-32(3)17(14)28-19(25)29-18)20(35)27-16-13-8-12(21(22,23)24)4-5-15(13)31(2)30-16/h4-5,8-9,11H,6-7,10H2,1-3H3,(H2,25,28,29)(H,27,30,35)/t11-/m0/s1. The van der Waals surface area contributed by atoms with E-state index in [4.69, 9.17) is 5.73 Å². The molecule has 1 fully saturated rings. The maximum Gasteiger partial charge on any atom is 0.416 e. The summed E-state index contributed by atoms with van der Waals surface area (Å²) in [6.07, 6.45) is -2.82. The van der Waals surface area contributed by atoms with Crippen molar-refractivity contribution >= 4 is 45.6 Å². The molecule has 0 saturated carbocycles. The molecule has 0 unspecified atom stereocenters. The first kappa shape index (κ1) is 22.7. The molecule has 1 aliphatic heterocycles. The van der Waals surface area contributed by atoms with E-state index in [9.17, 15) is 18.0 Å². The lowest BCUT2D eigenvalue weighted by molar-refractivity contribution is -0.137. The molecule has 2 amide bonds. The smallest absolute Gasteiger partial charge is 0.368 e. The third-order valence-electron chi connectivity index (χ3n) is 6.18. The number of urea groups is 1. The molecule has 0 radical (unpaired) electrons. The fourth-order valence-corrected chi connectivity index (χ4v) is 4.41. The van der Waals surface area contributed by atoms with Crippen molar-refractivity contribution in [3.63, 3.8) is 0 Å². The van der Waals surface area contributed by atoms with Crippen molar-refractivity contribution in [3.05, 3.63) is 30.0 Å². The zero-order chi connectivity index (χ0) is 25.1. The summed E-state index contributed by atoms with van der Waals surface area (Å²) in [5, 5.41) is 12.1. The van der Waals surface area contributed by atoms with Crippen molar-refractivity contribution in [2.75, 3.05) is 35.6 Å². The number of amides is 2. The van der Waals surface area contributed by atoms with Crippen LogP contribution < -0.4 is 16.0 Å². The van der Waals surface area contributed by atoms with Crippen LogP contribution in [0, 0.1) is 0 Å². The fraction of sp³-hybridized carbons (Fsp3) is 0.381. The number of hydrogen-bond acceptors (Lipinski definition) is 7. The van der Waals surface area contributed by atoms with Crippen molar-refractivity contribution in [1.29, 1.82) is 0 Å². The van der Waals surface area contributed by atoms with Crippen molar-refractivity contribution in [1.82, 2.24) is 34.4 Å². The van der Waals surface area contributed by atoms with Crippen LogP contribution in [0.25, 0.3) is 21.9 Å². The average molecular weight is 488 g/mol. The number of nitrogen functional groups attached to an aromatic ring is 1. The number of aromatic nitrogens is 6. The lowest BCUT2D eigenvalue weighted by Gasteiger charge is -2.40. The van der Waals surface area contributed by atoms with Crippen molar-refractivity contribution < 1.29 is 18.0 Å². The molecular formula is C21H23F3N10O. The summed E-state index contributed by atoms with van der Waals surface area (Å²) in [6, 6.07) is 2.77. The molecule has 4 aromatic rings. The van der Waals surface area contributed by atoms with E-state index >= 15 is 0 Å². The largest absolute Gasteiger partial charge is 0.416 e. The lowest BCUT2D eigenvalue weighted by Crippen LogP contribution is -2.55. The predicted octanol–water partition coefficient (Wildman–Crippen LogP) is 2.59. The molecule has 1 aliphatic rings. The molecule has 1 aromatic carbocycles. The number of halogens is 3. The molecular weight excluding hydrogens is 465 g/mol. The Balaban J connectivity index is 1.36. The Hall–Kier alpha value is -4.10. The van der Waals surface area contributed by atoms with E-state index in [0.29, 0.717) is 36.6 Å². The molecule has 11 nitrogen and oxygen atoms in total. The first-order valence-corrected chi connectivity index (χ1v) is 10.8. The highest BCUT2D eigenvalue weighted by molar-refractivity contribution is 5.99. The highest BCUT2D eigenvalue weighted by atomic mass is 19.4. The van der Waals surface area contributed by atoms with Gasteiger partial charge in [0.25, 0.3) is 0 Å². The highest BCUT2D eigenvalue weighted by Gasteiger charge is 2.32. The van der Waals surface area contributed by atoms with Gasteiger partial charge in [0, 0.05) is 45.2 Å². The monoisotopic (exact) mass is 488 g/mol. The second kappa shape index (κ2) is 7.99. The van der Waals surface area contributed by atoms with Crippen LogP contribution in [-0.4, -0.2) is 66.1 Å². The van der Waals surface area contributed by atoms with Crippen LogP contribution >= 0.6 is 0 Å². The van der Waals surface area contributed by atoms with Gasteiger partial charge in [-0.2, -0.15) is 33.3 Å². The molecule has 14 heteroatoms. The molecule has 5 rings (SSSR count). The molecule has 184 valence electrons. The molecule has 3 N–H and O–H groups in total. The quantitative estimate of drug-likeness (QED) is 0.445. The zero-order valence-corrected chi connectivity index (χ0v) is 19.2. The number of nitrogens with one attached hydrogen (secondary N) is 1. The minimum absolute atomic E-state index is 0.0781. The minimum Gasteiger partial charge on any atom is -0.368 e. The molecule has 3 aromatic heterocycles. The van der Waals surface area contributed by atoms with Gasteiger partial charge >= 0.3 is 12.2 Å². The summed E-state index contributed by atoms with van der Waals surface area (Å²) in [7, 11) is 3.38. The summed E-state index contributed by atoms with van der Waals surface area (Å²) in [4.78, 5) is 25.3. The van der Waals surface area contributed by atoms with Gasteiger partial charge in [-0.3, -0.25) is 14.7 Å². The van der Waals surface area contributed by atoms with E-state index in [-0.39, 0.29) is 23.2 Å². The molecule has 1 atom stereocenters. The number of rotatable bonds is 2. The maximum atomic E-state index is 13.2. The van der Waals surface area contributed by atoms with Crippen molar-refractivity contribution in [2.24, 2.45) is 14.1 Å². The molecule has 0 bridgehead atoms. The van der Waals surface area contributed by atoms with Gasteiger partial charge in [-0.1, -0.05) is 0 Å². The number of anilines is 3. The van der Waals surface area contributed by atoms with Crippen LogP contribution in [0.4, 0.5) is 35.5 Å². The molecule has 0 aliphatic carbocycles. The number of nitrogens with zero attached hydrogens (tertiary/aromatic N) is 8. The second-order valence-electron chi connectivity index (χ2n) is 8.53. The second-order valence-corrected chi connectivity index (χ2v) is 8.53. The Labute approximate surface area is 197 Å². The van der Waals surface area contributed by atoms with Crippen LogP contribution in [0.3, 0.4) is 0 Å². The summed E-state index contributed by atoms with van der Waals surface area (Å²) >= 11 is 0. The summed E-state index contributed by atoms with van der Waals surface area (Å²) in [6.45, 7) is 3.14. The van der Waals surface area contributed by atoms with E-state index in [1.165, 1.54) is 10.7 Å². The van der Waals surface area contributed by atoms with Gasteiger partial charge in [-0.25, -0.2) is 4.79 Å². The number of benzene rings is 1. The first-order valence-electron chi connectivity index (χ1n) is 10.8. The first-order chi connectivity index (χ1) is 16.5. The Morgan fingerprint density at radius 1 is 1.14 bits per heavy atom. The van der Waals surface area contributed by atoms with E-state index < -0.39 is 17.8 Å². The van der Waals surface area contributed by atoms with Gasteiger partial charge in [0.05, 0.1) is 22.7 Å². The Bertz CT molecular complexity index is 1440. The minimum atomic E-state index is -4.50. The summed E-state index contributed by atoms with van der Waals surface area (Å²) in [5.41, 5.74) is 6.19. The van der Waals surface area contributed by atoms with Crippen molar-refractivity contribution in [3.8, 4) is 0 Å². The van der Waals surface area contributed by atoms with Gasteiger partial charge in [0.2, 0.25) is 5.95 Å². The van der Waals surface area contributed by atoms with Crippen LogP contribution in [0.1, 0.15) is 12.5 Å². The number of piperazine rings is 1.